The summed E-state index contributed by atoms with van der Waals surface area (Å²) in [6.45, 7) is 8.56. The lowest BCUT2D eigenvalue weighted by Crippen LogP contribution is -2.46. The lowest BCUT2D eigenvalue weighted by atomic mass is 10.3. The van der Waals surface area contributed by atoms with E-state index in [0.717, 1.165) is 37.1 Å². The van der Waals surface area contributed by atoms with Crippen LogP contribution in [0.3, 0.4) is 0 Å². The number of nitrogens with zero attached hydrogens (tertiary/aromatic N) is 1. The normalized spacial score (nSPS) is 12.0. The number of hydrogen-bond donors (Lipinski definition) is 0. The fourth-order valence-corrected chi connectivity index (χ4v) is 7.88. The van der Waals surface area contributed by atoms with Crippen molar-refractivity contribution < 1.29 is 27.7 Å². The molecule has 0 aliphatic heterocycles. The van der Waals surface area contributed by atoms with Crippen LogP contribution in [0.25, 0.3) is 0 Å². The van der Waals surface area contributed by atoms with E-state index in [4.69, 9.17) is 13.3 Å². The molecule has 0 rings (SSSR count). The molecule has 0 N–H and O–H groups in total. The summed E-state index contributed by atoms with van der Waals surface area (Å²) in [5.74, 6) is 7.01. The van der Waals surface area contributed by atoms with Crippen molar-refractivity contribution in [2.75, 3.05) is 45.0 Å². The lowest BCUT2D eigenvalue weighted by Gasteiger charge is -2.29. The summed E-state index contributed by atoms with van der Waals surface area (Å²) >= 11 is 1.78. The molecule has 0 atom stereocenters. The van der Waals surface area contributed by atoms with Crippen molar-refractivity contribution in [3.8, 4) is 0 Å². The molecule has 0 saturated heterocycles. The molecule has 0 spiro atoms. The molecule has 0 aromatic heterocycles. The Morgan fingerprint density at radius 3 is 2.03 bits per heavy atom. The van der Waals surface area contributed by atoms with Crippen LogP contribution < -0.4 is 0 Å². The second-order valence-electron chi connectivity index (χ2n) is 6.53. The van der Waals surface area contributed by atoms with Crippen molar-refractivity contribution in [2.45, 2.75) is 46.1 Å². The van der Waals surface area contributed by atoms with Crippen LogP contribution >= 0.6 is 11.8 Å². The molecule has 0 bridgehead atoms. The van der Waals surface area contributed by atoms with E-state index in [0.29, 0.717) is 31.4 Å². The first-order valence-corrected chi connectivity index (χ1v) is 15.4. The Bertz CT molecular complexity index is 581. The Balaban J connectivity index is 4.28. The van der Waals surface area contributed by atoms with Gasteiger partial charge in [0.05, 0.1) is 0 Å². The van der Waals surface area contributed by atoms with E-state index in [1.807, 2.05) is 26.7 Å². The van der Waals surface area contributed by atoms with Crippen molar-refractivity contribution in [2.24, 2.45) is 0 Å². The molecule has 0 amide bonds. The first-order chi connectivity index (χ1) is 14.5. The van der Waals surface area contributed by atoms with Crippen LogP contribution in [0.15, 0.2) is 16.6 Å². The zero-order chi connectivity index (χ0) is 22.7. The molecule has 30 heavy (non-hydrogen) atoms. The molecule has 0 saturated carbocycles. The topological polar surface area (TPSA) is 82.1 Å². The van der Waals surface area contributed by atoms with Gasteiger partial charge in [-0.05, 0) is 70.8 Å². The Kier molecular flexibility index (Phi) is 18.1. The van der Waals surface area contributed by atoms with Crippen LogP contribution in [-0.2, 0) is 27.7 Å². The highest BCUT2D eigenvalue weighted by molar-refractivity contribution is 7.99. The summed E-state index contributed by atoms with van der Waals surface area (Å²) in [5, 5.41) is 0.514. The lowest BCUT2D eigenvalue weighted by molar-refractivity contribution is 0.0703. The number of allylic oxidation sites excluding steroid dienone is 1. The van der Waals surface area contributed by atoms with Gasteiger partial charge in [0, 0.05) is 36.9 Å². The van der Waals surface area contributed by atoms with Gasteiger partial charge < -0.3 is 13.3 Å². The molecule has 0 radical (unpaired) electrons. The molecular formula is C20H35NO6SSi2. The van der Waals surface area contributed by atoms with Crippen LogP contribution in [0.1, 0.15) is 40.0 Å². The highest BCUT2D eigenvalue weighted by atomic mass is 32.2. The van der Waals surface area contributed by atoms with E-state index < -0.39 is 17.6 Å². The first kappa shape index (κ1) is 29.0. The fourth-order valence-electron chi connectivity index (χ4n) is 2.90. The van der Waals surface area contributed by atoms with Gasteiger partial charge in [-0.3, -0.25) is 4.90 Å². The average molecular weight is 474 g/mol. The van der Waals surface area contributed by atoms with E-state index in [1.165, 1.54) is 11.4 Å². The van der Waals surface area contributed by atoms with E-state index in [2.05, 4.69) is 11.9 Å². The smallest absolute Gasteiger partial charge is 0.374 e. The summed E-state index contributed by atoms with van der Waals surface area (Å²) in [7, 11) is -2.63. The number of hydrogen-bond acceptors (Lipinski definition) is 8. The molecule has 0 unspecified atom stereocenters. The summed E-state index contributed by atoms with van der Waals surface area (Å²) in [6.07, 6.45) is 2.27. The molecule has 0 heterocycles. The molecule has 0 aromatic rings. The Morgan fingerprint density at radius 1 is 1.00 bits per heavy atom. The fraction of sp³-hybridized carbons (Fsp3) is 0.700. The molecule has 7 nitrogen and oxygen atoms in total. The summed E-state index contributed by atoms with van der Waals surface area (Å²) in [5.41, 5.74) is 2.56. The van der Waals surface area contributed by atoms with Gasteiger partial charge in [0.1, 0.15) is 17.8 Å². The van der Waals surface area contributed by atoms with Gasteiger partial charge in [-0.1, -0.05) is 0 Å². The predicted octanol–water partition coefficient (Wildman–Crippen LogP) is 2.21. The number of rotatable bonds is 19. The van der Waals surface area contributed by atoms with Gasteiger partial charge in [-0.25, -0.2) is 14.4 Å². The first-order valence-electron chi connectivity index (χ1n) is 10.4. The van der Waals surface area contributed by atoms with Crippen LogP contribution in [0.2, 0.25) is 6.04 Å². The Hall–Kier alpha value is -1.03. The van der Waals surface area contributed by atoms with E-state index in [1.54, 1.807) is 23.6 Å². The molecule has 0 fully saturated rings. The Morgan fingerprint density at radius 2 is 1.57 bits per heavy atom. The molecule has 10 heteroatoms. The second-order valence-corrected chi connectivity index (χ2v) is 12.8. The minimum absolute atomic E-state index is 0.514. The quantitative estimate of drug-likeness (QED) is 0.122. The number of carbonyl (C=O) groups excluding carboxylic acids is 3. The zero-order valence-corrected chi connectivity index (χ0v) is 21.6. The molecular weight excluding hydrogens is 438 g/mol. The van der Waals surface area contributed by atoms with Gasteiger partial charge in [-0.2, -0.15) is 0 Å². The molecule has 0 aliphatic carbocycles. The maximum absolute atomic E-state index is 11.1. The minimum Gasteiger partial charge on any atom is -0.374 e. The van der Waals surface area contributed by atoms with E-state index in [-0.39, 0.29) is 0 Å². The van der Waals surface area contributed by atoms with Gasteiger partial charge >= 0.3 is 8.80 Å². The number of thioether (sulfide) groups is 1. The maximum atomic E-state index is 11.1. The summed E-state index contributed by atoms with van der Waals surface area (Å²) < 4.78 is 17.6. The van der Waals surface area contributed by atoms with Crippen molar-refractivity contribution >= 4 is 47.2 Å². The third-order valence-electron chi connectivity index (χ3n) is 4.19. The van der Waals surface area contributed by atoms with Crippen molar-refractivity contribution in [3.63, 3.8) is 0 Å². The molecule has 0 aromatic carbocycles. The standard InChI is InChI=1S/C20H35NO6SSi2/c1-5-25-30(26-6-2,27-7-3)17-9-11-21(4)19-28-14-8-10-20(18-24)29(15-12-22)16-13-23/h15-16,29H,5-11,14,17,19H2,1-4H3. The summed E-state index contributed by atoms with van der Waals surface area (Å²) in [4.78, 5) is 34.5. The predicted molar refractivity (Wildman–Crippen MR) is 126 cm³/mol. The summed E-state index contributed by atoms with van der Waals surface area (Å²) in [6, 6.07) is 0.797. The van der Waals surface area contributed by atoms with Gasteiger partial charge in [0.25, 0.3) is 0 Å². The minimum atomic E-state index is -2.58. The van der Waals surface area contributed by atoms with Crippen LogP contribution in [-0.4, -0.2) is 85.4 Å². The highest BCUT2D eigenvalue weighted by Gasteiger charge is 2.39. The molecule has 0 aliphatic rings. The second kappa shape index (κ2) is 18.7. The van der Waals surface area contributed by atoms with Crippen LogP contribution in [0, 0.1) is 0 Å². The van der Waals surface area contributed by atoms with Crippen molar-refractivity contribution in [1.29, 1.82) is 0 Å². The third kappa shape index (κ3) is 12.6. The average Bonchev–Trinajstić information content (AvgIpc) is 2.71. The van der Waals surface area contributed by atoms with Crippen LogP contribution in [0.5, 0.6) is 0 Å². The zero-order valence-electron chi connectivity index (χ0n) is 18.6. The SMILES string of the molecule is CCO[Si](CCCN(C)CSCCCC(=C=O)[SiH](C=C=O)C=C=O)(OCC)OCC. The van der Waals surface area contributed by atoms with Crippen molar-refractivity contribution in [3.05, 3.63) is 16.6 Å². The Labute approximate surface area is 187 Å². The van der Waals surface area contributed by atoms with Crippen molar-refractivity contribution in [1.82, 2.24) is 4.90 Å². The largest absolute Gasteiger partial charge is 0.500 e. The van der Waals surface area contributed by atoms with E-state index in [9.17, 15) is 14.4 Å². The molecule has 170 valence electrons. The third-order valence-corrected chi connectivity index (χ3v) is 10.7. The van der Waals surface area contributed by atoms with E-state index >= 15 is 0 Å². The highest BCUT2D eigenvalue weighted by Crippen LogP contribution is 2.19. The van der Waals surface area contributed by atoms with Gasteiger partial charge in [0.15, 0.2) is 8.80 Å². The van der Waals surface area contributed by atoms with Crippen LogP contribution in [0.4, 0.5) is 0 Å². The maximum Gasteiger partial charge on any atom is 0.500 e. The van der Waals surface area contributed by atoms with Gasteiger partial charge in [0.2, 0.25) is 0 Å². The van der Waals surface area contributed by atoms with Gasteiger partial charge in [-0.15, -0.1) is 11.8 Å². The monoisotopic (exact) mass is 473 g/mol.